The van der Waals surface area contributed by atoms with Crippen LogP contribution in [0.1, 0.15) is 10.4 Å². The molecule has 0 saturated heterocycles. The van der Waals surface area contributed by atoms with Crippen LogP contribution in [0.5, 0.6) is 0 Å². The minimum absolute atomic E-state index is 0.129. The molecule has 0 aliphatic rings. The van der Waals surface area contributed by atoms with E-state index in [0.717, 1.165) is 0 Å². The number of benzene rings is 2. The van der Waals surface area contributed by atoms with Crippen molar-refractivity contribution in [2.24, 2.45) is 0 Å². The molecule has 0 aliphatic carbocycles. The zero-order valence-corrected chi connectivity index (χ0v) is 15.5. The highest BCUT2D eigenvalue weighted by atomic mass is 16.1. The largest absolute Gasteiger partial charge is 0.351 e. The molecule has 126 valence electrons. The summed E-state index contributed by atoms with van der Waals surface area (Å²) in [7, 11) is 32.0. The van der Waals surface area contributed by atoms with Gasteiger partial charge in [-0.15, -0.1) is 16.4 Å². The SMILES string of the molecule is [B]c1c([B])c([B])c(-c2cc(C(=O)NCCNC)c3ccccc3n2)c([B])c1[B]. The Kier molecular flexibility index (Phi) is 6.04. The highest BCUT2D eigenvalue weighted by Crippen LogP contribution is 2.22. The second kappa shape index (κ2) is 8.31. The number of likely N-dealkylation sites (N-methyl/N-ethyl adjacent to an activating group) is 1. The summed E-state index contributed by atoms with van der Waals surface area (Å²) in [5.74, 6) is -0.233. The van der Waals surface area contributed by atoms with Crippen LogP contribution in [0.15, 0.2) is 30.3 Å². The fourth-order valence-corrected chi connectivity index (χ4v) is 3.01. The van der Waals surface area contributed by atoms with E-state index >= 15 is 0 Å². The van der Waals surface area contributed by atoms with Gasteiger partial charge in [-0.2, -0.15) is 0 Å². The van der Waals surface area contributed by atoms with Gasteiger partial charge in [0.05, 0.1) is 16.8 Å². The van der Waals surface area contributed by atoms with Crippen molar-refractivity contribution in [2.75, 3.05) is 20.1 Å². The van der Waals surface area contributed by atoms with E-state index < -0.39 is 0 Å². The zero-order valence-electron chi connectivity index (χ0n) is 15.5. The Morgan fingerprint density at radius 3 is 2.18 bits per heavy atom. The summed E-state index contributed by atoms with van der Waals surface area (Å²) in [5, 5.41) is 6.56. The molecule has 0 bridgehead atoms. The lowest BCUT2D eigenvalue weighted by molar-refractivity contribution is 0.0956. The van der Waals surface area contributed by atoms with Crippen molar-refractivity contribution in [2.45, 2.75) is 0 Å². The topological polar surface area (TPSA) is 54.0 Å². The molecule has 1 aromatic heterocycles. The van der Waals surface area contributed by atoms with E-state index in [2.05, 4.69) is 15.6 Å². The number of nitrogens with one attached hydrogen (secondary N) is 2. The van der Waals surface area contributed by atoms with Gasteiger partial charge in [-0.3, -0.25) is 4.79 Å². The van der Waals surface area contributed by atoms with Crippen LogP contribution in [0.4, 0.5) is 0 Å². The maximum Gasteiger partial charge on any atom is 0.252 e. The first kappa shape index (κ1) is 20.3. The van der Waals surface area contributed by atoms with Crippen LogP contribution < -0.4 is 37.9 Å². The van der Waals surface area contributed by atoms with E-state index in [9.17, 15) is 4.79 Å². The quantitative estimate of drug-likeness (QED) is 0.375. The van der Waals surface area contributed by atoms with Crippen molar-refractivity contribution in [3.05, 3.63) is 35.9 Å². The molecular weight excluding hydrogens is 340 g/mol. The maximum absolute atomic E-state index is 12.8. The number of nitrogens with zero attached hydrogens (tertiary/aromatic N) is 1. The van der Waals surface area contributed by atoms with Gasteiger partial charge in [0, 0.05) is 18.5 Å². The molecule has 0 aliphatic heterocycles. The summed E-state index contributed by atoms with van der Waals surface area (Å²) in [6, 6.07) is 8.95. The van der Waals surface area contributed by atoms with Gasteiger partial charge >= 0.3 is 0 Å². The van der Waals surface area contributed by atoms with Gasteiger partial charge in [0.2, 0.25) is 0 Å². The summed E-state index contributed by atoms with van der Waals surface area (Å²) < 4.78 is 0. The molecule has 0 spiro atoms. The van der Waals surface area contributed by atoms with Gasteiger partial charge in [-0.25, -0.2) is 4.98 Å². The van der Waals surface area contributed by atoms with Crippen LogP contribution >= 0.6 is 0 Å². The van der Waals surface area contributed by atoms with E-state index in [0.29, 0.717) is 40.8 Å². The lowest BCUT2D eigenvalue weighted by Gasteiger charge is -2.21. The van der Waals surface area contributed by atoms with E-state index in [1.807, 2.05) is 25.2 Å². The number of aromatic nitrogens is 1. The monoisotopic (exact) mass is 355 g/mol. The van der Waals surface area contributed by atoms with Crippen LogP contribution in [0.2, 0.25) is 0 Å². The number of carbonyl (C=O) groups is 1. The van der Waals surface area contributed by atoms with Gasteiger partial charge in [0.15, 0.2) is 0 Å². The van der Waals surface area contributed by atoms with Crippen LogP contribution in [0.3, 0.4) is 0 Å². The molecule has 1 heterocycles. The van der Waals surface area contributed by atoms with Crippen LogP contribution in [-0.4, -0.2) is 70.3 Å². The molecule has 0 saturated carbocycles. The van der Waals surface area contributed by atoms with Gasteiger partial charge in [-0.05, 0) is 24.7 Å². The molecule has 3 rings (SSSR count). The molecule has 0 atom stereocenters. The van der Waals surface area contributed by atoms with Crippen molar-refractivity contribution < 1.29 is 4.79 Å². The van der Waals surface area contributed by atoms with Crippen molar-refractivity contribution in [3.63, 3.8) is 0 Å². The zero-order chi connectivity index (χ0) is 20.4. The second-order valence-corrected chi connectivity index (χ2v) is 6.38. The van der Waals surface area contributed by atoms with Gasteiger partial charge < -0.3 is 10.6 Å². The minimum atomic E-state index is -0.233. The van der Waals surface area contributed by atoms with Crippen molar-refractivity contribution in [1.82, 2.24) is 15.6 Å². The average molecular weight is 354 g/mol. The summed E-state index contributed by atoms with van der Waals surface area (Å²) >= 11 is 0. The smallest absolute Gasteiger partial charge is 0.252 e. The first-order chi connectivity index (χ1) is 13.4. The predicted molar refractivity (Wildman–Crippen MR) is 120 cm³/mol. The number of hydrogen-bond donors (Lipinski definition) is 2. The first-order valence-corrected chi connectivity index (χ1v) is 8.71. The molecular formula is C19H14B5N3O. The molecule has 0 fully saturated rings. The summed E-state index contributed by atoms with van der Waals surface area (Å²) in [6.45, 7) is 1.12. The summed E-state index contributed by atoms with van der Waals surface area (Å²) in [5.41, 5.74) is 2.57. The average Bonchev–Trinajstić information content (AvgIpc) is 2.70. The Balaban J connectivity index is 2.23. The van der Waals surface area contributed by atoms with Crippen LogP contribution in [-0.2, 0) is 0 Å². The number of amides is 1. The molecule has 2 aromatic carbocycles. The fraction of sp³-hybridized carbons (Fsp3) is 0.158. The first-order valence-electron chi connectivity index (χ1n) is 8.71. The lowest BCUT2D eigenvalue weighted by atomic mass is 9.60. The van der Waals surface area contributed by atoms with E-state index in [-0.39, 0.29) is 33.2 Å². The molecule has 1 amide bonds. The third-order valence-corrected chi connectivity index (χ3v) is 4.58. The van der Waals surface area contributed by atoms with Crippen molar-refractivity contribution in [1.29, 1.82) is 0 Å². The highest BCUT2D eigenvalue weighted by Gasteiger charge is 2.17. The molecule has 10 radical (unpaired) electrons. The third kappa shape index (κ3) is 3.63. The van der Waals surface area contributed by atoms with Gasteiger partial charge in [-0.1, -0.05) is 29.1 Å². The third-order valence-electron chi connectivity index (χ3n) is 4.58. The number of hydrogen-bond acceptors (Lipinski definition) is 3. The molecule has 28 heavy (non-hydrogen) atoms. The molecule has 0 unspecified atom stereocenters. The van der Waals surface area contributed by atoms with E-state index in [1.165, 1.54) is 0 Å². The number of carbonyl (C=O) groups excluding carboxylic acids is 1. The molecule has 2 N–H and O–H groups in total. The van der Waals surface area contributed by atoms with Gasteiger partial charge in [0.25, 0.3) is 5.91 Å². The Bertz CT molecular complexity index is 1040. The number of pyridine rings is 1. The Morgan fingerprint density at radius 1 is 0.929 bits per heavy atom. The van der Waals surface area contributed by atoms with Crippen molar-refractivity contribution in [3.8, 4) is 11.3 Å². The number of rotatable bonds is 5. The Labute approximate surface area is 171 Å². The molecule has 9 heteroatoms. The minimum Gasteiger partial charge on any atom is -0.351 e. The van der Waals surface area contributed by atoms with Gasteiger partial charge in [0.1, 0.15) is 39.2 Å². The van der Waals surface area contributed by atoms with Crippen molar-refractivity contribution >= 4 is 83.4 Å². The fourth-order valence-electron chi connectivity index (χ4n) is 3.01. The Morgan fingerprint density at radius 2 is 1.54 bits per heavy atom. The van der Waals surface area contributed by atoms with Crippen LogP contribution in [0.25, 0.3) is 22.2 Å². The second-order valence-electron chi connectivity index (χ2n) is 6.38. The summed E-state index contributed by atoms with van der Waals surface area (Å²) in [6.07, 6.45) is 0. The predicted octanol–water partition coefficient (Wildman–Crippen LogP) is -3.18. The molecule has 4 nitrogen and oxygen atoms in total. The molecule has 3 aromatic rings. The van der Waals surface area contributed by atoms with E-state index in [1.54, 1.807) is 12.1 Å². The maximum atomic E-state index is 12.8. The Hall–Kier alpha value is -2.40. The van der Waals surface area contributed by atoms with Crippen LogP contribution in [0, 0.1) is 0 Å². The van der Waals surface area contributed by atoms with E-state index in [4.69, 9.17) is 39.2 Å². The normalized spacial score (nSPS) is 10.9. The number of fused-ring (bicyclic) bond motifs is 1. The number of para-hydroxylation sites is 1. The lowest BCUT2D eigenvalue weighted by Crippen LogP contribution is -2.55. The summed E-state index contributed by atoms with van der Waals surface area (Å²) in [4.78, 5) is 17.4. The highest BCUT2D eigenvalue weighted by molar-refractivity contribution is 6.68. The standard InChI is InChI=1S/C19H14B5N3O/c1-25-6-7-26-19(28)10-8-12(27-11-5-3-2-4-9(10)11)13-14(20)16(22)18(24)17(23)15(13)21/h2-5,8,25H,6-7H2,1H3,(H,26,28).